The topological polar surface area (TPSA) is 113 Å². The minimum Gasteiger partial charge on any atom is -0.482 e. The first kappa shape index (κ1) is 23.0. The first-order chi connectivity index (χ1) is 17.5. The Hall–Kier alpha value is -4.76. The number of hydrogen-bond donors (Lipinski definition) is 0. The Kier molecular flexibility index (Phi) is 6.05. The van der Waals surface area contributed by atoms with Crippen molar-refractivity contribution in [3.63, 3.8) is 0 Å². The molecule has 0 aliphatic heterocycles. The van der Waals surface area contributed by atoms with Crippen LogP contribution in [-0.2, 0) is 0 Å². The normalized spacial score (nSPS) is 11.4. The van der Waals surface area contributed by atoms with Crippen molar-refractivity contribution in [1.29, 1.82) is 0 Å². The van der Waals surface area contributed by atoms with Gasteiger partial charge < -0.3 is 9.15 Å². The monoisotopic (exact) mass is 500 g/mol. The quantitative estimate of drug-likeness (QED) is 0.120. The van der Waals surface area contributed by atoms with Gasteiger partial charge in [0.2, 0.25) is 11.6 Å². The van der Waals surface area contributed by atoms with E-state index < -0.39 is 10.5 Å². The number of furan rings is 1. The summed E-state index contributed by atoms with van der Waals surface area (Å²) < 4.78 is 12.6. The molecule has 36 heavy (non-hydrogen) atoms. The number of nitro benzene ring substituents is 1. The molecule has 9 nitrogen and oxygen atoms in total. The summed E-state index contributed by atoms with van der Waals surface area (Å²) in [5.74, 6) is 0.438. The number of nitro groups is 1. The van der Waals surface area contributed by atoms with Gasteiger partial charge in [0, 0.05) is 22.0 Å². The van der Waals surface area contributed by atoms with Crippen LogP contribution in [0, 0.1) is 10.1 Å². The molecule has 0 saturated carbocycles. The second kappa shape index (κ2) is 9.47. The lowest BCUT2D eigenvalue weighted by Crippen LogP contribution is -2.20. The second-order valence-corrected chi connectivity index (χ2v) is 8.10. The Balaban J connectivity index is 1.73. The molecule has 0 N–H and O–H groups in total. The van der Waals surface area contributed by atoms with E-state index in [0.29, 0.717) is 22.2 Å². The number of ether oxygens (including phenoxy) is 1. The number of fused-ring (bicyclic) bond motifs is 2. The fourth-order valence-corrected chi connectivity index (χ4v) is 3.95. The molecule has 178 valence electrons. The van der Waals surface area contributed by atoms with Crippen LogP contribution in [0.15, 0.2) is 93.7 Å². The summed E-state index contributed by atoms with van der Waals surface area (Å²) in [4.78, 5) is 29.1. The van der Waals surface area contributed by atoms with Crippen LogP contribution >= 0.6 is 11.6 Å². The molecular formula is C26H17ClN4O5. The zero-order valence-electron chi connectivity index (χ0n) is 18.6. The molecule has 2 aromatic heterocycles. The molecule has 2 heterocycles. The number of nitrogens with zero attached hydrogens (tertiary/aromatic N) is 4. The van der Waals surface area contributed by atoms with E-state index >= 15 is 0 Å². The van der Waals surface area contributed by atoms with Gasteiger partial charge in [0.1, 0.15) is 12.2 Å². The Morgan fingerprint density at radius 1 is 1.17 bits per heavy atom. The molecule has 0 radical (unpaired) electrons. The Morgan fingerprint density at radius 2 is 1.94 bits per heavy atom. The van der Waals surface area contributed by atoms with Gasteiger partial charge in [-0.2, -0.15) is 9.78 Å². The largest absolute Gasteiger partial charge is 0.482 e. The molecule has 0 amide bonds. The number of para-hydroxylation sites is 2. The van der Waals surface area contributed by atoms with Gasteiger partial charge in [-0.15, -0.1) is 0 Å². The highest BCUT2D eigenvalue weighted by Gasteiger charge is 2.21. The lowest BCUT2D eigenvalue weighted by atomic mass is 10.2. The summed E-state index contributed by atoms with van der Waals surface area (Å²) in [6.45, 7) is 3.59. The summed E-state index contributed by atoms with van der Waals surface area (Å²) >= 11 is 6.13. The standard InChI is InChI=1S/C26H17ClN4O5/c1-2-11-35-24-17(12-18(27)14-21(24)31(33)34)15-28-30-25(23-13-16-7-3-6-10-22(16)36-23)29-20-9-5-4-8-19(20)26(30)32/h2-10,12-15H,1,11H2. The van der Waals surface area contributed by atoms with E-state index in [0.717, 1.165) is 10.1 Å². The van der Waals surface area contributed by atoms with Gasteiger partial charge in [0.05, 0.1) is 22.0 Å². The Morgan fingerprint density at radius 3 is 2.72 bits per heavy atom. The van der Waals surface area contributed by atoms with E-state index in [4.69, 9.17) is 20.8 Å². The number of benzene rings is 3. The van der Waals surface area contributed by atoms with Crippen molar-refractivity contribution in [2.45, 2.75) is 0 Å². The molecule has 3 aromatic carbocycles. The third kappa shape index (κ3) is 4.23. The van der Waals surface area contributed by atoms with E-state index in [1.54, 1.807) is 36.4 Å². The molecule has 0 aliphatic carbocycles. The van der Waals surface area contributed by atoms with Gasteiger partial charge in [-0.25, -0.2) is 4.98 Å². The van der Waals surface area contributed by atoms with E-state index in [-0.39, 0.29) is 34.5 Å². The van der Waals surface area contributed by atoms with Crippen molar-refractivity contribution >= 4 is 45.4 Å². The van der Waals surface area contributed by atoms with Crippen molar-refractivity contribution < 1.29 is 14.1 Å². The van der Waals surface area contributed by atoms with Gasteiger partial charge in [-0.1, -0.05) is 54.6 Å². The van der Waals surface area contributed by atoms with Gasteiger partial charge in [0.15, 0.2) is 5.76 Å². The zero-order valence-corrected chi connectivity index (χ0v) is 19.4. The van der Waals surface area contributed by atoms with Crippen LogP contribution in [0.3, 0.4) is 0 Å². The molecule has 0 atom stereocenters. The molecule has 0 saturated heterocycles. The maximum Gasteiger partial charge on any atom is 0.313 e. The van der Waals surface area contributed by atoms with Gasteiger partial charge >= 0.3 is 5.69 Å². The Labute approximate surface area is 208 Å². The highest BCUT2D eigenvalue weighted by Crippen LogP contribution is 2.34. The van der Waals surface area contributed by atoms with Crippen LogP contribution < -0.4 is 10.3 Å². The van der Waals surface area contributed by atoms with E-state index in [2.05, 4.69) is 16.7 Å². The third-order valence-electron chi connectivity index (χ3n) is 5.32. The fraction of sp³-hybridized carbons (Fsp3) is 0.0385. The van der Waals surface area contributed by atoms with Gasteiger partial charge in [0.25, 0.3) is 5.56 Å². The Bertz CT molecular complexity index is 1710. The number of aromatic nitrogens is 2. The van der Waals surface area contributed by atoms with Crippen molar-refractivity contribution in [3.05, 3.63) is 110 Å². The average Bonchev–Trinajstić information content (AvgIpc) is 3.31. The predicted molar refractivity (Wildman–Crippen MR) is 138 cm³/mol. The zero-order chi connectivity index (χ0) is 25.2. The lowest BCUT2D eigenvalue weighted by Gasteiger charge is -2.10. The average molecular weight is 501 g/mol. The van der Waals surface area contributed by atoms with Crippen LogP contribution in [0.1, 0.15) is 5.56 Å². The number of rotatable bonds is 7. The molecular weight excluding hydrogens is 484 g/mol. The van der Waals surface area contributed by atoms with Crippen LogP contribution in [0.2, 0.25) is 5.02 Å². The predicted octanol–water partition coefficient (Wildman–Crippen LogP) is 5.82. The maximum atomic E-state index is 13.4. The third-order valence-corrected chi connectivity index (χ3v) is 5.54. The lowest BCUT2D eigenvalue weighted by molar-refractivity contribution is -0.385. The first-order valence-corrected chi connectivity index (χ1v) is 11.1. The first-order valence-electron chi connectivity index (χ1n) is 10.7. The van der Waals surface area contributed by atoms with E-state index in [9.17, 15) is 14.9 Å². The molecule has 0 fully saturated rings. The van der Waals surface area contributed by atoms with Gasteiger partial charge in [-0.3, -0.25) is 14.9 Å². The summed E-state index contributed by atoms with van der Waals surface area (Å²) in [6, 6.07) is 18.7. The maximum absolute atomic E-state index is 13.4. The number of halogens is 1. The minimum atomic E-state index is -0.606. The highest BCUT2D eigenvalue weighted by atomic mass is 35.5. The fourth-order valence-electron chi connectivity index (χ4n) is 3.73. The van der Waals surface area contributed by atoms with Crippen LogP contribution in [0.5, 0.6) is 5.75 Å². The molecule has 10 heteroatoms. The van der Waals surface area contributed by atoms with Gasteiger partial charge in [-0.05, 0) is 30.3 Å². The smallest absolute Gasteiger partial charge is 0.313 e. The number of hydrogen-bond acceptors (Lipinski definition) is 7. The van der Waals surface area contributed by atoms with E-state index in [1.165, 1.54) is 24.4 Å². The SMILES string of the molecule is C=CCOc1c(C=Nn2c(-c3cc4ccccc4o3)nc3ccccc3c2=O)cc(Cl)cc1[N+](=O)[O-]. The summed E-state index contributed by atoms with van der Waals surface area (Å²) in [7, 11) is 0. The summed E-state index contributed by atoms with van der Waals surface area (Å²) in [6.07, 6.45) is 2.72. The van der Waals surface area contributed by atoms with Crippen molar-refractivity contribution in [3.8, 4) is 17.3 Å². The van der Waals surface area contributed by atoms with E-state index in [1.807, 2.05) is 18.2 Å². The van der Waals surface area contributed by atoms with Crippen LogP contribution in [-0.4, -0.2) is 27.4 Å². The molecule has 0 unspecified atom stereocenters. The van der Waals surface area contributed by atoms with Crippen molar-refractivity contribution in [1.82, 2.24) is 9.66 Å². The molecule has 0 aliphatic rings. The van der Waals surface area contributed by atoms with Crippen molar-refractivity contribution in [2.24, 2.45) is 5.10 Å². The summed E-state index contributed by atoms with van der Waals surface area (Å²) in [5.41, 5.74) is 0.505. The van der Waals surface area contributed by atoms with Crippen LogP contribution in [0.4, 0.5) is 5.69 Å². The molecule has 5 rings (SSSR count). The highest BCUT2D eigenvalue weighted by molar-refractivity contribution is 6.31. The molecule has 0 bridgehead atoms. The molecule has 5 aromatic rings. The van der Waals surface area contributed by atoms with Crippen molar-refractivity contribution in [2.75, 3.05) is 6.61 Å². The second-order valence-electron chi connectivity index (χ2n) is 7.66. The van der Waals surface area contributed by atoms with Crippen LogP contribution in [0.25, 0.3) is 33.5 Å². The molecule has 0 spiro atoms. The summed E-state index contributed by atoms with van der Waals surface area (Å²) in [5, 5.41) is 17.2. The minimum absolute atomic E-state index is 0.0189.